The van der Waals surface area contributed by atoms with Gasteiger partial charge in [0.1, 0.15) is 5.52 Å². The Kier molecular flexibility index (Phi) is 6.80. The summed E-state index contributed by atoms with van der Waals surface area (Å²) in [6, 6.07) is 20.0. The second-order valence-corrected chi connectivity index (χ2v) is 9.65. The number of benzene rings is 2. The maximum atomic E-state index is 13.7. The number of nitrogens with zero attached hydrogens (tertiary/aromatic N) is 4. The zero-order chi connectivity index (χ0) is 25.1. The summed E-state index contributed by atoms with van der Waals surface area (Å²) in [5.74, 6) is 0.210. The van der Waals surface area contributed by atoms with E-state index in [9.17, 15) is 9.59 Å². The first-order valence-corrected chi connectivity index (χ1v) is 12.5. The maximum absolute atomic E-state index is 13.7. The number of fused-ring (bicyclic) bond motifs is 1. The molecule has 36 heavy (non-hydrogen) atoms. The van der Waals surface area contributed by atoms with Crippen molar-refractivity contribution in [3.63, 3.8) is 0 Å². The zero-order valence-electron chi connectivity index (χ0n) is 20.8. The Labute approximate surface area is 210 Å². The number of aromatic nitrogens is 3. The molecule has 184 valence electrons. The number of hydrogen-bond donors (Lipinski definition) is 1. The van der Waals surface area contributed by atoms with Crippen molar-refractivity contribution in [1.82, 2.24) is 19.9 Å². The van der Waals surface area contributed by atoms with E-state index in [4.69, 9.17) is 4.98 Å². The molecule has 7 heteroatoms. The van der Waals surface area contributed by atoms with Crippen molar-refractivity contribution < 1.29 is 4.79 Å². The number of pyridine rings is 1. The highest BCUT2D eigenvalue weighted by Crippen LogP contribution is 2.22. The van der Waals surface area contributed by atoms with E-state index < -0.39 is 0 Å². The molecular weight excluding hydrogens is 450 g/mol. The number of aryl methyl sites for hydroxylation is 2. The Morgan fingerprint density at radius 1 is 1.00 bits per heavy atom. The van der Waals surface area contributed by atoms with E-state index in [0.717, 1.165) is 24.0 Å². The van der Waals surface area contributed by atoms with Gasteiger partial charge in [0.25, 0.3) is 5.56 Å². The van der Waals surface area contributed by atoms with Crippen LogP contribution in [-0.4, -0.2) is 33.5 Å². The second kappa shape index (κ2) is 10.3. The third kappa shape index (κ3) is 5.15. The summed E-state index contributed by atoms with van der Waals surface area (Å²) in [6.07, 6.45) is 3.31. The highest BCUT2D eigenvalue weighted by Gasteiger charge is 2.28. The van der Waals surface area contributed by atoms with Gasteiger partial charge in [0, 0.05) is 25.8 Å². The van der Waals surface area contributed by atoms with Gasteiger partial charge in [0.05, 0.1) is 12.5 Å². The highest BCUT2D eigenvalue weighted by molar-refractivity contribution is 5.79. The monoisotopic (exact) mass is 481 g/mol. The van der Waals surface area contributed by atoms with Gasteiger partial charge in [-0.1, -0.05) is 59.7 Å². The first-order valence-electron chi connectivity index (χ1n) is 12.5. The van der Waals surface area contributed by atoms with Gasteiger partial charge in [-0.2, -0.15) is 0 Å². The molecule has 0 unspecified atom stereocenters. The van der Waals surface area contributed by atoms with E-state index in [-0.39, 0.29) is 17.4 Å². The van der Waals surface area contributed by atoms with Crippen LogP contribution in [0.25, 0.3) is 11.2 Å². The van der Waals surface area contributed by atoms with Crippen LogP contribution >= 0.6 is 0 Å². The van der Waals surface area contributed by atoms with Crippen molar-refractivity contribution in [3.8, 4) is 0 Å². The van der Waals surface area contributed by atoms with Crippen molar-refractivity contribution in [2.75, 3.05) is 18.0 Å². The molecule has 0 bridgehead atoms. The van der Waals surface area contributed by atoms with Crippen molar-refractivity contribution in [3.05, 3.63) is 99.5 Å². The number of rotatable bonds is 6. The largest absolute Gasteiger partial charge is 0.352 e. The van der Waals surface area contributed by atoms with Crippen LogP contribution in [0.4, 0.5) is 5.82 Å². The van der Waals surface area contributed by atoms with Gasteiger partial charge in [-0.25, -0.2) is 9.97 Å². The van der Waals surface area contributed by atoms with E-state index in [0.29, 0.717) is 43.2 Å². The van der Waals surface area contributed by atoms with Crippen molar-refractivity contribution >= 4 is 22.9 Å². The molecule has 7 nitrogen and oxygen atoms in total. The van der Waals surface area contributed by atoms with Crippen LogP contribution in [-0.2, 0) is 17.9 Å². The molecule has 1 aliphatic rings. The van der Waals surface area contributed by atoms with Crippen LogP contribution in [0.2, 0.25) is 0 Å². The summed E-state index contributed by atoms with van der Waals surface area (Å²) in [6.45, 7) is 6.17. The highest BCUT2D eigenvalue weighted by atomic mass is 16.2. The molecule has 2 aromatic heterocycles. The summed E-state index contributed by atoms with van der Waals surface area (Å²) in [7, 11) is 0. The van der Waals surface area contributed by atoms with Crippen LogP contribution in [0, 0.1) is 19.8 Å². The number of amides is 1. The fourth-order valence-corrected chi connectivity index (χ4v) is 4.71. The second-order valence-electron chi connectivity index (χ2n) is 9.65. The quantitative estimate of drug-likeness (QED) is 0.451. The first kappa shape index (κ1) is 23.7. The molecule has 1 amide bonds. The van der Waals surface area contributed by atoms with Crippen molar-refractivity contribution in [2.45, 2.75) is 39.8 Å². The fraction of sp³-hybridized carbons (Fsp3) is 0.310. The van der Waals surface area contributed by atoms with E-state index >= 15 is 0 Å². The normalized spacial score (nSPS) is 15.7. The summed E-state index contributed by atoms with van der Waals surface area (Å²) >= 11 is 0. The van der Waals surface area contributed by atoms with Crippen LogP contribution in [0.15, 0.2) is 71.7 Å². The molecule has 0 saturated carbocycles. The van der Waals surface area contributed by atoms with Crippen LogP contribution < -0.4 is 15.8 Å². The summed E-state index contributed by atoms with van der Waals surface area (Å²) < 4.78 is 1.70. The van der Waals surface area contributed by atoms with E-state index in [1.165, 1.54) is 11.1 Å². The molecule has 0 spiro atoms. The van der Waals surface area contributed by atoms with Crippen LogP contribution in [0.3, 0.4) is 0 Å². The average Bonchev–Trinajstić information content (AvgIpc) is 2.91. The van der Waals surface area contributed by atoms with Gasteiger partial charge < -0.3 is 10.2 Å². The Morgan fingerprint density at radius 3 is 2.42 bits per heavy atom. The smallest absolute Gasteiger partial charge is 0.295 e. The maximum Gasteiger partial charge on any atom is 0.295 e. The number of nitrogens with one attached hydrogen (secondary N) is 1. The number of piperidine rings is 1. The third-order valence-electron chi connectivity index (χ3n) is 6.82. The predicted molar refractivity (Wildman–Crippen MR) is 142 cm³/mol. The third-order valence-corrected chi connectivity index (χ3v) is 6.82. The zero-order valence-corrected chi connectivity index (χ0v) is 20.8. The molecule has 2 aromatic carbocycles. The van der Waals surface area contributed by atoms with Gasteiger partial charge in [-0.05, 0) is 49.9 Å². The molecule has 3 heterocycles. The lowest BCUT2D eigenvalue weighted by atomic mass is 9.97. The average molecular weight is 482 g/mol. The van der Waals surface area contributed by atoms with Gasteiger partial charge in [-0.15, -0.1) is 0 Å². The molecular formula is C29H31N5O2. The van der Waals surface area contributed by atoms with Crippen LogP contribution in [0.1, 0.15) is 35.1 Å². The number of hydrogen-bond acceptors (Lipinski definition) is 5. The number of carbonyl (C=O) groups is 1. The molecule has 4 aromatic rings. The van der Waals surface area contributed by atoms with E-state index in [2.05, 4.69) is 10.3 Å². The van der Waals surface area contributed by atoms with Gasteiger partial charge in [-0.3, -0.25) is 14.2 Å². The Bertz CT molecular complexity index is 1430. The van der Waals surface area contributed by atoms with Crippen LogP contribution in [0.5, 0.6) is 0 Å². The molecule has 1 fully saturated rings. The lowest BCUT2D eigenvalue weighted by molar-refractivity contribution is -0.125. The van der Waals surface area contributed by atoms with Gasteiger partial charge >= 0.3 is 0 Å². The van der Waals surface area contributed by atoms with Gasteiger partial charge in [0.2, 0.25) is 5.91 Å². The summed E-state index contributed by atoms with van der Waals surface area (Å²) in [5.41, 5.74) is 5.52. The lowest BCUT2D eigenvalue weighted by Crippen LogP contribution is -2.45. The predicted octanol–water partition coefficient (Wildman–Crippen LogP) is 3.99. The lowest BCUT2D eigenvalue weighted by Gasteiger charge is -2.32. The van der Waals surface area contributed by atoms with Gasteiger partial charge in [0.15, 0.2) is 11.5 Å². The molecule has 0 radical (unpaired) electrons. The standard InChI is InChI=1S/C29H31N5O2/c1-20-7-11-22(12-8-20)17-31-28(35)24-5-4-16-33(19-24)27-29(36)34(18-23-13-9-21(2)10-14-23)26-25(32-27)6-3-15-30-26/h3,6-15,24H,4-5,16-19H2,1-2H3,(H,31,35)/t24-/m1/s1. The first-order chi connectivity index (χ1) is 17.5. The minimum atomic E-state index is -0.194. The molecule has 0 aliphatic carbocycles. The SMILES string of the molecule is Cc1ccc(CNC(=O)[C@@H]2CCCN(c3nc4cccnc4n(Cc4ccc(C)cc4)c3=O)C2)cc1. The Morgan fingerprint density at radius 2 is 1.69 bits per heavy atom. The number of anilines is 1. The van der Waals surface area contributed by atoms with E-state index in [1.807, 2.05) is 79.4 Å². The molecule has 1 atom stereocenters. The summed E-state index contributed by atoms with van der Waals surface area (Å²) in [5, 5.41) is 3.07. The minimum absolute atomic E-state index is 0.0164. The molecule has 5 rings (SSSR count). The summed E-state index contributed by atoms with van der Waals surface area (Å²) in [4.78, 5) is 37.8. The van der Waals surface area contributed by atoms with Crippen molar-refractivity contribution in [1.29, 1.82) is 0 Å². The van der Waals surface area contributed by atoms with Crippen molar-refractivity contribution in [2.24, 2.45) is 5.92 Å². The van der Waals surface area contributed by atoms with E-state index in [1.54, 1.807) is 10.8 Å². The Balaban J connectivity index is 1.38. The fourth-order valence-electron chi connectivity index (χ4n) is 4.71. The minimum Gasteiger partial charge on any atom is -0.352 e. The Hall–Kier alpha value is -4.00. The molecule has 1 aliphatic heterocycles. The molecule has 1 N–H and O–H groups in total. The topological polar surface area (TPSA) is 80.1 Å². The number of carbonyl (C=O) groups excluding carboxylic acids is 1. The molecule has 1 saturated heterocycles.